The summed E-state index contributed by atoms with van der Waals surface area (Å²) in [4.78, 5) is 34.5. The van der Waals surface area contributed by atoms with Gasteiger partial charge in [0.05, 0.1) is 24.2 Å². The molecule has 0 aromatic carbocycles. The van der Waals surface area contributed by atoms with Gasteiger partial charge in [-0.05, 0) is 50.2 Å². The molecule has 0 radical (unpaired) electrons. The Labute approximate surface area is 177 Å². The highest BCUT2D eigenvalue weighted by molar-refractivity contribution is 5.94. The molecule has 1 unspecified atom stereocenters. The van der Waals surface area contributed by atoms with E-state index in [4.69, 9.17) is 9.47 Å². The van der Waals surface area contributed by atoms with Crippen molar-refractivity contribution in [2.45, 2.75) is 51.0 Å². The average molecular weight is 414 g/mol. The lowest BCUT2D eigenvalue weighted by atomic mass is 9.76. The Bertz CT molecular complexity index is 813. The molecule has 1 atom stereocenters. The van der Waals surface area contributed by atoms with E-state index in [2.05, 4.69) is 9.88 Å². The van der Waals surface area contributed by atoms with Crippen molar-refractivity contribution < 1.29 is 19.1 Å². The van der Waals surface area contributed by atoms with Gasteiger partial charge in [0.25, 0.3) is 5.91 Å². The number of morpholine rings is 1. The largest absolute Gasteiger partial charge is 0.461 e. The van der Waals surface area contributed by atoms with Crippen molar-refractivity contribution in [2.24, 2.45) is 5.41 Å². The van der Waals surface area contributed by atoms with Crippen molar-refractivity contribution in [1.29, 1.82) is 0 Å². The van der Waals surface area contributed by atoms with Crippen molar-refractivity contribution in [3.8, 4) is 0 Å². The van der Waals surface area contributed by atoms with Gasteiger partial charge in [-0.2, -0.15) is 0 Å². The fourth-order valence-corrected chi connectivity index (χ4v) is 5.44. The first kappa shape index (κ1) is 19.9. The Morgan fingerprint density at radius 3 is 2.70 bits per heavy atom. The minimum atomic E-state index is -0.415. The third-order valence-corrected chi connectivity index (χ3v) is 7.31. The first-order valence-electron chi connectivity index (χ1n) is 11.4. The second-order valence-corrected chi connectivity index (χ2v) is 9.25. The van der Waals surface area contributed by atoms with Crippen LogP contribution < -0.4 is 0 Å². The number of fused-ring (bicyclic) bond motifs is 1. The van der Waals surface area contributed by atoms with E-state index < -0.39 is 5.41 Å². The Balaban J connectivity index is 1.19. The number of piperidine rings is 1. The fourth-order valence-electron chi connectivity index (χ4n) is 5.44. The molecule has 1 spiro atoms. The number of carbonyl (C=O) groups is 2. The van der Waals surface area contributed by atoms with Crippen molar-refractivity contribution in [3.63, 3.8) is 0 Å². The number of hydrogen-bond acceptors (Lipinski definition) is 6. The van der Waals surface area contributed by atoms with E-state index in [0.29, 0.717) is 31.5 Å². The number of cyclic esters (lactones) is 1. The normalized spacial score (nSPS) is 26.5. The lowest BCUT2D eigenvalue weighted by Gasteiger charge is -2.36. The average Bonchev–Trinajstić information content (AvgIpc) is 3.08. The minimum absolute atomic E-state index is 0.0392. The van der Waals surface area contributed by atoms with Crippen LogP contribution in [0.5, 0.6) is 0 Å². The van der Waals surface area contributed by atoms with Crippen molar-refractivity contribution >= 4 is 11.9 Å². The van der Waals surface area contributed by atoms with Gasteiger partial charge in [-0.3, -0.25) is 19.5 Å². The van der Waals surface area contributed by atoms with E-state index in [-0.39, 0.29) is 18.0 Å². The lowest BCUT2D eigenvalue weighted by Crippen LogP contribution is -2.45. The van der Waals surface area contributed by atoms with Crippen LogP contribution in [0.2, 0.25) is 0 Å². The van der Waals surface area contributed by atoms with Crippen LogP contribution in [0, 0.1) is 5.41 Å². The van der Waals surface area contributed by atoms with Crippen LogP contribution in [0.3, 0.4) is 0 Å². The molecule has 1 aromatic heterocycles. The van der Waals surface area contributed by atoms with Gasteiger partial charge in [-0.15, -0.1) is 0 Å². The number of amides is 1. The molecule has 1 amide bonds. The summed E-state index contributed by atoms with van der Waals surface area (Å²) in [7, 11) is 0. The number of aromatic nitrogens is 1. The topological polar surface area (TPSA) is 72.0 Å². The predicted octanol–water partition coefficient (Wildman–Crippen LogP) is 1.83. The van der Waals surface area contributed by atoms with Crippen LogP contribution in [0.15, 0.2) is 12.3 Å². The van der Waals surface area contributed by atoms with Crippen LogP contribution in [-0.4, -0.2) is 78.7 Å². The van der Waals surface area contributed by atoms with Gasteiger partial charge in [-0.25, -0.2) is 0 Å². The Morgan fingerprint density at radius 1 is 1.13 bits per heavy atom. The summed E-state index contributed by atoms with van der Waals surface area (Å²) in [5.41, 5.74) is 2.65. The summed E-state index contributed by atoms with van der Waals surface area (Å²) in [6.45, 7) is 5.31. The van der Waals surface area contributed by atoms with E-state index in [0.717, 1.165) is 57.8 Å². The molecule has 7 nitrogen and oxygen atoms in total. The molecule has 7 heteroatoms. The fraction of sp³-hybridized carbons (Fsp3) is 0.696. The van der Waals surface area contributed by atoms with E-state index in [1.165, 1.54) is 18.4 Å². The molecule has 3 aliphatic heterocycles. The maximum absolute atomic E-state index is 13.0. The van der Waals surface area contributed by atoms with Crippen LogP contribution in [0.4, 0.5) is 0 Å². The highest BCUT2D eigenvalue weighted by Crippen LogP contribution is 2.43. The number of pyridine rings is 1. The van der Waals surface area contributed by atoms with Gasteiger partial charge in [0.2, 0.25) is 0 Å². The maximum Gasteiger partial charge on any atom is 0.312 e. The number of nitrogens with zero attached hydrogens (tertiary/aromatic N) is 3. The number of esters is 1. The van der Waals surface area contributed by atoms with Gasteiger partial charge < -0.3 is 14.4 Å². The number of aryl methyl sites for hydroxylation is 2. The van der Waals surface area contributed by atoms with E-state index >= 15 is 0 Å². The molecule has 4 heterocycles. The van der Waals surface area contributed by atoms with Crippen LogP contribution in [0.25, 0.3) is 0 Å². The number of rotatable bonds is 3. The third-order valence-electron chi connectivity index (χ3n) is 7.31. The molecule has 0 N–H and O–H groups in total. The smallest absolute Gasteiger partial charge is 0.312 e. The van der Waals surface area contributed by atoms with Crippen LogP contribution in [-0.2, 0) is 27.1 Å². The van der Waals surface area contributed by atoms with Crippen molar-refractivity contribution in [1.82, 2.24) is 14.8 Å². The molecule has 30 heavy (non-hydrogen) atoms. The molecule has 3 fully saturated rings. The zero-order valence-corrected chi connectivity index (χ0v) is 17.6. The summed E-state index contributed by atoms with van der Waals surface area (Å²) in [5, 5.41) is 0. The lowest BCUT2D eigenvalue weighted by molar-refractivity contribution is -0.151. The van der Waals surface area contributed by atoms with Gasteiger partial charge >= 0.3 is 5.97 Å². The molecule has 0 bridgehead atoms. The zero-order chi connectivity index (χ0) is 20.6. The predicted molar refractivity (Wildman–Crippen MR) is 110 cm³/mol. The second-order valence-electron chi connectivity index (χ2n) is 9.25. The summed E-state index contributed by atoms with van der Waals surface area (Å²) >= 11 is 0. The van der Waals surface area contributed by atoms with Crippen molar-refractivity contribution in [3.05, 3.63) is 29.1 Å². The Kier molecular flexibility index (Phi) is 5.50. The van der Waals surface area contributed by atoms with Crippen LogP contribution >= 0.6 is 0 Å². The molecule has 5 rings (SSSR count). The summed E-state index contributed by atoms with van der Waals surface area (Å²) in [5.74, 6) is -0.0229. The monoisotopic (exact) mass is 413 g/mol. The van der Waals surface area contributed by atoms with E-state index in [1.807, 2.05) is 11.0 Å². The van der Waals surface area contributed by atoms with Gasteiger partial charge in [0.15, 0.2) is 0 Å². The molecular formula is C23H31N3O4. The molecular weight excluding hydrogens is 382 g/mol. The number of carbonyl (C=O) groups excluding carboxylic acids is 2. The zero-order valence-electron chi connectivity index (χ0n) is 17.6. The molecule has 0 saturated carbocycles. The first-order chi connectivity index (χ1) is 14.6. The Hall–Kier alpha value is -1.99. The van der Waals surface area contributed by atoms with E-state index in [1.54, 1.807) is 6.20 Å². The third kappa shape index (κ3) is 3.85. The Morgan fingerprint density at radius 2 is 1.90 bits per heavy atom. The molecule has 3 saturated heterocycles. The second kappa shape index (κ2) is 8.27. The van der Waals surface area contributed by atoms with Gasteiger partial charge in [0, 0.05) is 51.0 Å². The SMILES string of the molecule is O=C(c1cnc2c(c1)CCCC2)N1CCC2(CC1)CC(CN1CCOCC1)OC2=O. The van der Waals surface area contributed by atoms with E-state index in [9.17, 15) is 9.59 Å². The standard InChI is InChI=1S/C23H31N3O4/c27-21(18-13-17-3-1-2-4-20(17)24-15-18)26-7-5-23(6-8-26)14-19(30-22(23)28)16-25-9-11-29-12-10-25/h13,15,19H,1-12,14,16H2. The summed E-state index contributed by atoms with van der Waals surface area (Å²) < 4.78 is 11.2. The first-order valence-corrected chi connectivity index (χ1v) is 11.4. The van der Waals surface area contributed by atoms with Gasteiger partial charge in [0.1, 0.15) is 6.10 Å². The number of ether oxygens (including phenoxy) is 2. The van der Waals surface area contributed by atoms with Crippen LogP contribution in [0.1, 0.15) is 53.7 Å². The minimum Gasteiger partial charge on any atom is -0.461 e. The van der Waals surface area contributed by atoms with Gasteiger partial charge in [-0.1, -0.05) is 0 Å². The maximum atomic E-state index is 13.0. The molecule has 162 valence electrons. The molecule has 1 aliphatic carbocycles. The summed E-state index contributed by atoms with van der Waals surface area (Å²) in [6, 6.07) is 2.04. The quantitative estimate of drug-likeness (QED) is 0.704. The number of hydrogen-bond donors (Lipinski definition) is 0. The number of likely N-dealkylation sites (tertiary alicyclic amines) is 1. The van der Waals surface area contributed by atoms with Crippen molar-refractivity contribution in [2.75, 3.05) is 45.9 Å². The summed E-state index contributed by atoms with van der Waals surface area (Å²) in [6.07, 6.45) is 8.24. The highest BCUT2D eigenvalue weighted by Gasteiger charge is 2.51. The molecule has 1 aromatic rings. The highest BCUT2D eigenvalue weighted by atomic mass is 16.6. The molecule has 4 aliphatic rings.